The van der Waals surface area contributed by atoms with Crippen LogP contribution in [0.15, 0.2) is 46.9 Å². The summed E-state index contributed by atoms with van der Waals surface area (Å²) in [6.45, 7) is 12.2. The zero-order chi connectivity index (χ0) is 44.1. The highest BCUT2D eigenvalue weighted by atomic mass is 16.5. The number of anilines is 2. The van der Waals surface area contributed by atoms with Crippen molar-refractivity contribution in [1.82, 2.24) is 38.8 Å². The van der Waals surface area contributed by atoms with Gasteiger partial charge in [-0.05, 0) is 57.0 Å². The molecule has 0 spiro atoms. The van der Waals surface area contributed by atoms with Crippen molar-refractivity contribution >= 4 is 57.6 Å². The lowest BCUT2D eigenvalue weighted by Crippen LogP contribution is -2.37. The lowest BCUT2D eigenvalue weighted by molar-refractivity contribution is 0.0358. The maximum absolute atomic E-state index is 13.8. The molecular weight excluding hydrogens is 801 g/mol. The van der Waals surface area contributed by atoms with Crippen LogP contribution >= 0.6 is 0 Å². The van der Waals surface area contributed by atoms with E-state index in [1.807, 2.05) is 26.0 Å². The monoisotopic (exact) mass is 850 g/mol. The second-order valence-corrected chi connectivity index (χ2v) is 14.6. The van der Waals surface area contributed by atoms with Crippen molar-refractivity contribution in [2.75, 3.05) is 57.2 Å². The average molecular weight is 851 g/mol. The minimum absolute atomic E-state index is 0.0567. The van der Waals surface area contributed by atoms with Crippen LogP contribution in [0, 0.1) is 13.8 Å². The van der Waals surface area contributed by atoms with Gasteiger partial charge in [-0.2, -0.15) is 5.10 Å². The number of benzene rings is 2. The van der Waals surface area contributed by atoms with Gasteiger partial charge in [0.2, 0.25) is 29.5 Å². The molecule has 0 unspecified atom stereocenters. The number of morpholine rings is 1. The van der Waals surface area contributed by atoms with E-state index in [2.05, 4.69) is 30.6 Å². The van der Waals surface area contributed by atoms with Gasteiger partial charge in [0, 0.05) is 57.3 Å². The van der Waals surface area contributed by atoms with Gasteiger partial charge < -0.3 is 39.2 Å². The molecular formula is C42H50N12O8. The normalized spacial score (nSPS) is 13.3. The molecule has 62 heavy (non-hydrogen) atoms. The minimum Gasteiger partial charge on any atom is -0.494 e. The number of amides is 4. The Balaban J connectivity index is 1.25. The molecule has 5 heterocycles. The zero-order valence-electron chi connectivity index (χ0n) is 35.3. The topological polar surface area (TPSA) is 255 Å². The number of hydrogen-bond acceptors (Lipinski definition) is 13. The summed E-state index contributed by atoms with van der Waals surface area (Å²) in [5, 5.41) is 10.2. The van der Waals surface area contributed by atoms with Crippen LogP contribution in [0.4, 0.5) is 11.9 Å². The van der Waals surface area contributed by atoms with E-state index in [4.69, 9.17) is 35.1 Å². The molecule has 6 N–H and O–H groups in total. The molecule has 7 rings (SSSR count). The van der Waals surface area contributed by atoms with E-state index in [9.17, 15) is 19.2 Å². The van der Waals surface area contributed by atoms with Gasteiger partial charge in [-0.15, -0.1) is 0 Å². The summed E-state index contributed by atoms with van der Waals surface area (Å²) in [5.41, 5.74) is 15.0. The van der Waals surface area contributed by atoms with Crippen molar-refractivity contribution in [3.05, 3.63) is 82.3 Å². The predicted octanol–water partition coefficient (Wildman–Crippen LogP) is 3.84. The molecule has 20 nitrogen and oxygen atoms in total. The van der Waals surface area contributed by atoms with Crippen molar-refractivity contribution < 1.29 is 37.8 Å². The highest BCUT2D eigenvalue weighted by Crippen LogP contribution is 2.33. The summed E-state index contributed by atoms with van der Waals surface area (Å²) in [4.78, 5) is 68.2. The molecule has 1 fully saturated rings. The second-order valence-electron chi connectivity index (χ2n) is 14.6. The van der Waals surface area contributed by atoms with Crippen molar-refractivity contribution in [2.45, 2.75) is 60.2 Å². The molecule has 0 radical (unpaired) electrons. The number of ether oxygens (including phenoxy) is 3. The first-order chi connectivity index (χ1) is 29.9. The van der Waals surface area contributed by atoms with E-state index >= 15 is 0 Å². The molecule has 1 aliphatic rings. The first-order valence-electron chi connectivity index (χ1n) is 20.3. The summed E-state index contributed by atoms with van der Waals surface area (Å²) in [6, 6.07) is 7.87. The van der Waals surface area contributed by atoms with Gasteiger partial charge in [0.25, 0.3) is 11.8 Å². The first-order valence-corrected chi connectivity index (χ1v) is 20.3. The van der Waals surface area contributed by atoms with Crippen molar-refractivity contribution in [3.63, 3.8) is 0 Å². The highest BCUT2D eigenvalue weighted by molar-refractivity contribution is 6.05. The van der Waals surface area contributed by atoms with Crippen LogP contribution in [-0.2, 0) is 30.8 Å². The number of hydrogen-bond donors (Lipinski definition) is 4. The number of imidazole rings is 2. The molecule has 1 saturated heterocycles. The molecule has 1 aliphatic heterocycles. The minimum atomic E-state index is -0.678. The number of aryl methyl sites for hydroxylation is 4. The third-order valence-corrected chi connectivity index (χ3v) is 10.4. The number of nitrogens with zero attached hydrogens (tertiary/aromatic N) is 8. The number of primary amides is 2. The number of nitrogens with two attached hydrogens (primary N) is 2. The number of methoxy groups -OCH3 is 1. The summed E-state index contributed by atoms with van der Waals surface area (Å²) >= 11 is 0. The van der Waals surface area contributed by atoms with E-state index in [-0.39, 0.29) is 41.9 Å². The van der Waals surface area contributed by atoms with Crippen LogP contribution in [0.2, 0.25) is 0 Å². The summed E-state index contributed by atoms with van der Waals surface area (Å²) in [5.74, 6) is -0.939. The van der Waals surface area contributed by atoms with Crippen LogP contribution in [0.1, 0.15) is 79.3 Å². The van der Waals surface area contributed by atoms with Crippen LogP contribution in [0.25, 0.3) is 22.1 Å². The number of oxazole rings is 1. The highest BCUT2D eigenvalue weighted by Gasteiger charge is 2.25. The molecule has 4 amide bonds. The Labute approximate surface area is 356 Å². The van der Waals surface area contributed by atoms with Gasteiger partial charge in [0.1, 0.15) is 28.2 Å². The van der Waals surface area contributed by atoms with Gasteiger partial charge in [-0.25, -0.2) is 15.0 Å². The molecule has 6 aromatic rings. The number of rotatable bonds is 18. The number of carbonyl (C=O) groups is 4. The van der Waals surface area contributed by atoms with Gasteiger partial charge in [-0.1, -0.05) is 19.1 Å². The SMILES string of the molecule is CCc1nc(C)oc1C(=O)Nc1nc2cc(C(N)=O)cc(OC)c2n1C/C=C/Cn1c(NC(=O)c2cc(C)nn2CC)nc2cc(C(N)=O)cc(OCCCN3CCOCC3)c21. The lowest BCUT2D eigenvalue weighted by atomic mass is 10.1. The number of aromatic nitrogens is 7. The Kier molecular flexibility index (Phi) is 13.0. The molecule has 326 valence electrons. The quantitative estimate of drug-likeness (QED) is 0.0709. The van der Waals surface area contributed by atoms with E-state index in [1.165, 1.54) is 19.2 Å². The predicted molar refractivity (Wildman–Crippen MR) is 229 cm³/mol. The Morgan fingerprint density at radius 1 is 0.823 bits per heavy atom. The Morgan fingerprint density at radius 3 is 2.00 bits per heavy atom. The number of carbonyl (C=O) groups excluding carboxylic acids is 4. The van der Waals surface area contributed by atoms with E-state index in [1.54, 1.807) is 45.9 Å². The smallest absolute Gasteiger partial charge is 0.295 e. The number of allylic oxidation sites excluding steroid dienone is 2. The molecule has 4 aromatic heterocycles. The maximum Gasteiger partial charge on any atom is 0.295 e. The van der Waals surface area contributed by atoms with E-state index in [0.717, 1.165) is 19.6 Å². The van der Waals surface area contributed by atoms with Crippen LogP contribution in [-0.4, -0.2) is 109 Å². The Hall–Kier alpha value is -7.06. The summed E-state index contributed by atoms with van der Waals surface area (Å²) in [7, 11) is 1.45. The lowest BCUT2D eigenvalue weighted by Gasteiger charge is -2.26. The van der Waals surface area contributed by atoms with Crippen LogP contribution in [0.3, 0.4) is 0 Å². The molecule has 0 saturated carbocycles. The summed E-state index contributed by atoms with van der Waals surface area (Å²) in [6.07, 6.45) is 4.85. The van der Waals surface area contributed by atoms with Crippen LogP contribution in [0.5, 0.6) is 11.5 Å². The van der Waals surface area contributed by atoms with Crippen molar-refractivity contribution in [1.29, 1.82) is 0 Å². The molecule has 0 aliphatic carbocycles. The van der Waals surface area contributed by atoms with E-state index in [0.29, 0.717) is 95.7 Å². The molecule has 20 heteroatoms. The largest absolute Gasteiger partial charge is 0.494 e. The first kappa shape index (κ1) is 43.0. The van der Waals surface area contributed by atoms with Crippen molar-refractivity contribution in [2.24, 2.45) is 11.5 Å². The van der Waals surface area contributed by atoms with Crippen molar-refractivity contribution in [3.8, 4) is 11.5 Å². The van der Waals surface area contributed by atoms with E-state index < -0.39 is 23.6 Å². The van der Waals surface area contributed by atoms with Gasteiger partial charge in [-0.3, -0.25) is 39.4 Å². The standard InChI is InChI=1S/C42H50N12O8/c1-6-28-36(62-25(4)45-28)40(58)49-42-46-29-20-26(37(43)55)22-32(59-5)34(29)52(42)12-8-9-13-53-35-30(47-41(53)48-39(57)31-19-24(3)50-54(31)7-2)21-27(38(44)56)23-33(35)61-16-10-11-51-14-17-60-18-15-51/h8-9,19-23H,6-7,10-18H2,1-5H3,(H2,43,55)(H2,44,56)(H,46,49,58)(H,47,48,57)/b9-8+. The average Bonchev–Trinajstić information content (AvgIpc) is 4.03. The second kappa shape index (κ2) is 18.7. The fourth-order valence-electron chi connectivity index (χ4n) is 7.39. The third kappa shape index (κ3) is 9.15. The molecule has 0 atom stereocenters. The number of nitrogens with one attached hydrogen (secondary N) is 2. The van der Waals surface area contributed by atoms with Gasteiger partial charge >= 0.3 is 0 Å². The third-order valence-electron chi connectivity index (χ3n) is 10.4. The zero-order valence-corrected chi connectivity index (χ0v) is 35.3. The van der Waals surface area contributed by atoms with Gasteiger partial charge in [0.15, 0.2) is 5.89 Å². The Morgan fingerprint density at radius 2 is 1.42 bits per heavy atom. The molecule has 0 bridgehead atoms. The maximum atomic E-state index is 13.8. The molecule has 2 aromatic carbocycles. The number of fused-ring (bicyclic) bond motifs is 2. The fraction of sp³-hybridized carbons (Fsp3) is 0.381. The fourth-order valence-corrected chi connectivity index (χ4v) is 7.39. The summed E-state index contributed by atoms with van der Waals surface area (Å²) < 4.78 is 28.3. The van der Waals surface area contributed by atoms with Crippen LogP contribution < -0.4 is 31.6 Å². The Bertz CT molecular complexity index is 2680. The van der Waals surface area contributed by atoms with Gasteiger partial charge in [0.05, 0.1) is 49.4 Å².